The van der Waals surface area contributed by atoms with Crippen LogP contribution in [-0.4, -0.2) is 0 Å². The molecule has 1 atom stereocenters. The van der Waals surface area contributed by atoms with Crippen molar-refractivity contribution < 1.29 is 13.2 Å². The number of benzene rings is 2. The molecule has 0 aliphatic carbocycles. The number of hydrogen-bond acceptors (Lipinski definition) is 0. The van der Waals surface area contributed by atoms with Crippen molar-refractivity contribution in [2.45, 2.75) is 19.2 Å². The zero-order chi connectivity index (χ0) is 14.2. The number of halogens is 4. The lowest BCUT2D eigenvalue weighted by Gasteiger charge is -2.14. The summed E-state index contributed by atoms with van der Waals surface area (Å²) in [6.07, 6.45) is 0. The molecule has 0 fully saturated rings. The van der Waals surface area contributed by atoms with E-state index in [1.807, 2.05) is 0 Å². The van der Waals surface area contributed by atoms with E-state index in [9.17, 15) is 13.2 Å². The summed E-state index contributed by atoms with van der Waals surface area (Å²) in [4.78, 5) is 0. The van der Waals surface area contributed by atoms with Gasteiger partial charge in [0.05, 0.1) is 5.38 Å². The number of alkyl halides is 1. The first-order valence-electron chi connectivity index (χ1n) is 5.76. The van der Waals surface area contributed by atoms with Gasteiger partial charge in [0.1, 0.15) is 17.5 Å². The Bertz CT molecular complexity index is 600. The maximum atomic E-state index is 13.7. The van der Waals surface area contributed by atoms with Crippen LogP contribution in [0.1, 0.15) is 27.6 Å². The number of rotatable bonds is 2. The van der Waals surface area contributed by atoms with E-state index in [2.05, 4.69) is 0 Å². The van der Waals surface area contributed by atoms with Crippen LogP contribution in [0.3, 0.4) is 0 Å². The Hall–Kier alpha value is -1.48. The van der Waals surface area contributed by atoms with Crippen molar-refractivity contribution in [1.29, 1.82) is 0 Å². The first-order valence-corrected chi connectivity index (χ1v) is 6.19. The van der Waals surface area contributed by atoms with Gasteiger partial charge in [0.25, 0.3) is 0 Å². The van der Waals surface area contributed by atoms with Gasteiger partial charge in [-0.2, -0.15) is 0 Å². The zero-order valence-electron chi connectivity index (χ0n) is 10.5. The molecule has 1 unspecified atom stereocenters. The van der Waals surface area contributed by atoms with Gasteiger partial charge < -0.3 is 0 Å². The maximum Gasteiger partial charge on any atom is 0.131 e. The lowest BCUT2D eigenvalue weighted by atomic mass is 9.99. The van der Waals surface area contributed by atoms with Crippen LogP contribution in [0, 0.1) is 31.3 Å². The second kappa shape index (κ2) is 5.25. The number of aryl methyl sites for hydroxylation is 2. The molecule has 4 heteroatoms. The fraction of sp³-hybridized carbons (Fsp3) is 0.200. The second-order valence-electron chi connectivity index (χ2n) is 4.50. The molecule has 0 amide bonds. The largest absolute Gasteiger partial charge is 0.207 e. The van der Waals surface area contributed by atoms with Crippen molar-refractivity contribution in [2.75, 3.05) is 0 Å². The van der Waals surface area contributed by atoms with Gasteiger partial charge in [0, 0.05) is 11.6 Å². The minimum absolute atomic E-state index is 0.175. The highest BCUT2D eigenvalue weighted by molar-refractivity contribution is 6.22. The van der Waals surface area contributed by atoms with E-state index >= 15 is 0 Å². The quantitative estimate of drug-likeness (QED) is 0.677. The lowest BCUT2D eigenvalue weighted by molar-refractivity contribution is 0.573. The molecule has 0 nitrogen and oxygen atoms in total. The van der Waals surface area contributed by atoms with Crippen LogP contribution in [0.4, 0.5) is 13.2 Å². The molecule has 0 radical (unpaired) electrons. The van der Waals surface area contributed by atoms with Crippen molar-refractivity contribution in [3.63, 3.8) is 0 Å². The Morgan fingerprint density at radius 1 is 0.947 bits per heavy atom. The summed E-state index contributed by atoms with van der Waals surface area (Å²) in [7, 11) is 0. The maximum absolute atomic E-state index is 13.7. The predicted octanol–water partition coefficient (Wildman–Crippen LogP) is 5.05. The lowest BCUT2D eigenvalue weighted by Crippen LogP contribution is -2.00. The summed E-state index contributed by atoms with van der Waals surface area (Å²) in [5, 5.41) is -0.779. The summed E-state index contributed by atoms with van der Waals surface area (Å²) in [6, 6.07) is 6.38. The molecule has 2 aromatic carbocycles. The third-order valence-corrected chi connectivity index (χ3v) is 3.47. The van der Waals surface area contributed by atoms with Crippen LogP contribution in [0.2, 0.25) is 0 Å². The predicted molar refractivity (Wildman–Crippen MR) is 69.9 cm³/mol. The van der Waals surface area contributed by atoms with E-state index in [1.54, 1.807) is 26.0 Å². The highest BCUT2D eigenvalue weighted by Crippen LogP contribution is 2.32. The van der Waals surface area contributed by atoms with Gasteiger partial charge >= 0.3 is 0 Å². The SMILES string of the molecule is Cc1cc(C(Cl)c2ccc(F)cc2F)cc(C)c1F. The smallest absolute Gasteiger partial charge is 0.131 e. The fourth-order valence-electron chi connectivity index (χ4n) is 2.01. The topological polar surface area (TPSA) is 0 Å². The third-order valence-electron chi connectivity index (χ3n) is 2.99. The van der Waals surface area contributed by atoms with E-state index in [4.69, 9.17) is 11.6 Å². The first kappa shape index (κ1) is 13.9. The van der Waals surface area contributed by atoms with Crippen molar-refractivity contribution in [3.8, 4) is 0 Å². The van der Waals surface area contributed by atoms with Crippen LogP contribution >= 0.6 is 11.6 Å². The van der Waals surface area contributed by atoms with Crippen LogP contribution in [0.15, 0.2) is 30.3 Å². The van der Waals surface area contributed by atoms with Crippen LogP contribution in [-0.2, 0) is 0 Å². The van der Waals surface area contributed by atoms with Crippen molar-refractivity contribution in [3.05, 3.63) is 70.0 Å². The average molecular weight is 285 g/mol. The summed E-state index contributed by atoms with van der Waals surface area (Å²) in [5.74, 6) is -1.66. The van der Waals surface area contributed by atoms with E-state index in [-0.39, 0.29) is 11.4 Å². The van der Waals surface area contributed by atoms with Gasteiger partial charge in [-0.3, -0.25) is 0 Å². The molecule has 0 saturated carbocycles. The van der Waals surface area contributed by atoms with E-state index in [0.717, 1.165) is 12.1 Å². The van der Waals surface area contributed by atoms with E-state index < -0.39 is 17.0 Å². The number of hydrogen-bond donors (Lipinski definition) is 0. The fourth-order valence-corrected chi connectivity index (χ4v) is 2.32. The Labute approximate surface area is 114 Å². The normalized spacial score (nSPS) is 12.5. The zero-order valence-corrected chi connectivity index (χ0v) is 11.2. The molecule has 2 rings (SSSR count). The molecule has 100 valence electrons. The standard InChI is InChI=1S/C15H12ClF3/c1-8-5-10(6-9(2)15(8)19)14(16)12-4-3-11(17)7-13(12)18/h3-7,14H,1-2H3. The molecule has 0 aliphatic heterocycles. The molecule has 0 N–H and O–H groups in total. The summed E-state index contributed by atoms with van der Waals surface area (Å²) in [5.41, 5.74) is 1.66. The Kier molecular flexibility index (Phi) is 3.85. The van der Waals surface area contributed by atoms with Gasteiger partial charge in [-0.25, -0.2) is 13.2 Å². The summed E-state index contributed by atoms with van der Waals surface area (Å²) in [6.45, 7) is 3.24. The molecule has 0 aliphatic rings. The minimum atomic E-state index is -0.779. The highest BCUT2D eigenvalue weighted by atomic mass is 35.5. The van der Waals surface area contributed by atoms with Crippen LogP contribution < -0.4 is 0 Å². The third kappa shape index (κ3) is 2.76. The molecule has 0 spiro atoms. The van der Waals surface area contributed by atoms with Gasteiger partial charge in [0.15, 0.2) is 0 Å². The highest BCUT2D eigenvalue weighted by Gasteiger charge is 2.17. The Morgan fingerprint density at radius 2 is 1.53 bits per heavy atom. The molecule has 19 heavy (non-hydrogen) atoms. The van der Waals surface area contributed by atoms with Gasteiger partial charge in [0.2, 0.25) is 0 Å². The monoisotopic (exact) mass is 284 g/mol. The van der Waals surface area contributed by atoms with E-state index in [1.165, 1.54) is 6.07 Å². The molecule has 2 aromatic rings. The second-order valence-corrected chi connectivity index (χ2v) is 4.93. The van der Waals surface area contributed by atoms with Crippen molar-refractivity contribution in [2.24, 2.45) is 0 Å². The minimum Gasteiger partial charge on any atom is -0.207 e. The Morgan fingerprint density at radius 3 is 2.05 bits per heavy atom. The van der Waals surface area contributed by atoms with Gasteiger partial charge in [-0.15, -0.1) is 11.6 Å². The van der Waals surface area contributed by atoms with Crippen LogP contribution in [0.5, 0.6) is 0 Å². The molecule has 0 bridgehead atoms. The van der Waals surface area contributed by atoms with Gasteiger partial charge in [-0.1, -0.05) is 18.2 Å². The van der Waals surface area contributed by atoms with Crippen molar-refractivity contribution >= 4 is 11.6 Å². The Balaban J connectivity index is 2.47. The molecule has 0 saturated heterocycles. The van der Waals surface area contributed by atoms with E-state index in [0.29, 0.717) is 16.7 Å². The molecule has 0 aromatic heterocycles. The van der Waals surface area contributed by atoms with Gasteiger partial charge in [-0.05, 0) is 36.6 Å². The first-order chi connectivity index (χ1) is 8.90. The average Bonchev–Trinajstić information content (AvgIpc) is 2.34. The molecular formula is C15H12ClF3. The molecule has 0 heterocycles. The summed E-state index contributed by atoms with van der Waals surface area (Å²) >= 11 is 6.20. The van der Waals surface area contributed by atoms with Crippen molar-refractivity contribution in [1.82, 2.24) is 0 Å². The summed E-state index contributed by atoms with van der Waals surface area (Å²) < 4.78 is 40.1. The molecular weight excluding hydrogens is 273 g/mol. The van der Waals surface area contributed by atoms with Crippen LogP contribution in [0.25, 0.3) is 0 Å².